The monoisotopic (exact) mass is 228 g/mol. The molecule has 0 spiro atoms. The van der Waals surface area contributed by atoms with Gasteiger partial charge in [-0.1, -0.05) is 0 Å². The van der Waals surface area contributed by atoms with E-state index in [0.717, 1.165) is 0 Å². The van der Waals surface area contributed by atoms with E-state index in [0.29, 0.717) is 0 Å². The third-order valence-corrected chi connectivity index (χ3v) is 0. The largest absolute Gasteiger partial charge is 2.00 e. The van der Waals surface area contributed by atoms with Gasteiger partial charge in [0.05, 0.1) is 7.82 Å². The molecule has 0 heterocycles. The summed E-state index contributed by atoms with van der Waals surface area (Å²) in [5.74, 6) is 0. The molecule has 0 amide bonds. The zero-order valence-electron chi connectivity index (χ0n) is 4.26. The van der Waals surface area contributed by atoms with Crippen molar-refractivity contribution in [2.45, 2.75) is 0 Å². The van der Waals surface area contributed by atoms with Crippen LogP contribution < -0.4 is 9.79 Å². The number of hydrogen-bond acceptors (Lipinski definition) is 4. The van der Waals surface area contributed by atoms with Crippen molar-refractivity contribution in [2.24, 2.45) is 0 Å². The van der Waals surface area contributed by atoms with Gasteiger partial charge in [-0.15, -0.1) is 0 Å². The second kappa shape index (κ2) is 9.26. The fourth-order valence-electron chi connectivity index (χ4n) is 0. The molecule has 0 aromatic rings. The second-order valence-electron chi connectivity index (χ2n) is 0.574. The molecule has 0 aliphatic heterocycles. The van der Waals surface area contributed by atoms with Crippen molar-refractivity contribution >= 4 is 60.7 Å². The normalized spacial score (nSPS) is 7.44. The van der Waals surface area contributed by atoms with Crippen LogP contribution in [0.2, 0.25) is 0 Å². The van der Waals surface area contributed by atoms with Gasteiger partial charge >= 0.3 is 62.6 Å². The van der Waals surface area contributed by atoms with E-state index in [1.165, 1.54) is 0 Å². The SMILES string of the molecule is O=BO.O=P([O-])([O-])O.[Sr+2]. The van der Waals surface area contributed by atoms with Crippen LogP contribution in [0.1, 0.15) is 0 Å². The first kappa shape index (κ1) is 16.7. The molecule has 9 heteroatoms. The molecule has 0 radical (unpaired) electrons. The van der Waals surface area contributed by atoms with Gasteiger partial charge in [-0.25, -0.2) is 0 Å². The first-order valence-electron chi connectivity index (χ1n) is 1.24. The first-order chi connectivity index (χ1) is 3.41. The maximum Gasteiger partial charge on any atom is 2.00 e. The molecule has 0 unspecified atom stereocenters. The van der Waals surface area contributed by atoms with Crippen LogP contribution in [-0.2, 0) is 9.27 Å². The van der Waals surface area contributed by atoms with E-state index >= 15 is 0 Å². The Balaban J connectivity index is -0.0000000800. The molecule has 0 saturated carbocycles. The molecule has 6 nitrogen and oxygen atoms in total. The summed E-state index contributed by atoms with van der Waals surface area (Å²) >= 11 is 0. The van der Waals surface area contributed by atoms with Crippen molar-refractivity contribution in [3.8, 4) is 0 Å². The Bertz CT molecular complexity index is 87.0. The molecule has 0 atom stereocenters. The molecule has 2 N–H and O–H groups in total. The van der Waals surface area contributed by atoms with Gasteiger partial charge in [0.15, 0.2) is 0 Å². The van der Waals surface area contributed by atoms with Crippen molar-refractivity contribution in [3.05, 3.63) is 0 Å². The summed E-state index contributed by atoms with van der Waals surface area (Å²) in [6.07, 6.45) is 0. The molecule has 48 valence electrons. The van der Waals surface area contributed by atoms with Gasteiger partial charge in [0.2, 0.25) is 0 Å². The van der Waals surface area contributed by atoms with Gasteiger partial charge in [0.1, 0.15) is 0 Å². The van der Waals surface area contributed by atoms with Crippen molar-refractivity contribution in [1.82, 2.24) is 0 Å². The summed E-state index contributed by atoms with van der Waals surface area (Å²) in [6.45, 7) is 0. The van der Waals surface area contributed by atoms with Crippen molar-refractivity contribution < 1.29 is 29.0 Å². The van der Waals surface area contributed by atoms with E-state index in [-0.39, 0.29) is 52.8 Å². The molecule has 0 aliphatic rings. The van der Waals surface area contributed by atoms with E-state index in [1.807, 2.05) is 0 Å². The zero-order valence-corrected chi connectivity index (χ0v) is 8.63. The Morgan fingerprint density at radius 2 is 1.44 bits per heavy atom. The maximum atomic E-state index is 8.66. The quantitative estimate of drug-likeness (QED) is 0.325. The maximum absolute atomic E-state index is 8.66. The minimum Gasteiger partial charge on any atom is -0.790 e. The van der Waals surface area contributed by atoms with Crippen LogP contribution in [0, 0.1) is 0 Å². The Labute approximate surface area is 88.7 Å². The summed E-state index contributed by atoms with van der Waals surface area (Å²) in [7, 11) is -5.39. The molecule has 0 bridgehead atoms. The van der Waals surface area contributed by atoms with Crippen molar-refractivity contribution in [3.63, 3.8) is 0 Å². The second-order valence-corrected chi connectivity index (χ2v) is 1.51. The van der Waals surface area contributed by atoms with Crippen LogP contribution in [0.15, 0.2) is 0 Å². The van der Waals surface area contributed by atoms with Crippen LogP contribution >= 0.6 is 7.82 Å². The van der Waals surface area contributed by atoms with E-state index in [2.05, 4.69) is 0 Å². The smallest absolute Gasteiger partial charge is 0.790 e. The van der Waals surface area contributed by atoms with Gasteiger partial charge in [-0.3, -0.25) is 0 Å². The Hall–Kier alpha value is 1.26. The standard InChI is InChI=1S/BHO2.H3O4P.Sr/c2-1-3;1-5(2,3)4;/h2H;(H3,1,2,3,4);/q;;+2/p-2. The molecule has 0 fully saturated rings. The Morgan fingerprint density at radius 1 is 1.44 bits per heavy atom. The number of phosphoric acid groups is 1. The molecular weight excluding hydrogens is 225 g/mol. The zero-order chi connectivity index (χ0) is 7.21. The van der Waals surface area contributed by atoms with Crippen molar-refractivity contribution in [1.29, 1.82) is 0 Å². The average Bonchev–Trinajstić information content (AvgIpc) is 1.27. The van der Waals surface area contributed by atoms with Crippen LogP contribution in [0.5, 0.6) is 0 Å². The molecule has 0 aromatic heterocycles. The summed E-state index contributed by atoms with van der Waals surface area (Å²) < 4.78 is 17.0. The van der Waals surface area contributed by atoms with E-state index in [9.17, 15) is 0 Å². The molecule has 0 saturated heterocycles. The van der Waals surface area contributed by atoms with E-state index < -0.39 is 7.82 Å². The predicted octanol–water partition coefficient (Wildman–Crippen LogP) is -3.63. The predicted molar refractivity (Wildman–Crippen MR) is 24.2 cm³/mol. The fraction of sp³-hybridized carbons (Fsp3) is 0. The van der Waals surface area contributed by atoms with Gasteiger partial charge in [-0.05, 0) is 0 Å². The minimum absolute atomic E-state index is 0. The third-order valence-electron chi connectivity index (χ3n) is 0. The van der Waals surface area contributed by atoms with Gasteiger partial charge in [0.25, 0.3) is 0 Å². The summed E-state index contributed by atoms with van der Waals surface area (Å²) in [5.41, 5.74) is 0. The molecular formula is H2BO6PSr. The van der Waals surface area contributed by atoms with Crippen LogP contribution in [-0.4, -0.2) is 62.8 Å². The minimum atomic E-state index is -5.14. The summed E-state index contributed by atoms with van der Waals surface area (Å²) in [4.78, 5) is 24.3. The van der Waals surface area contributed by atoms with Gasteiger partial charge in [0, 0.05) is 0 Å². The van der Waals surface area contributed by atoms with Gasteiger partial charge < -0.3 is 19.2 Å². The van der Waals surface area contributed by atoms with Crippen LogP contribution in [0.3, 0.4) is 0 Å². The van der Waals surface area contributed by atoms with Crippen LogP contribution in [0.4, 0.5) is 0 Å². The number of hydrogen-bond donors (Lipinski definition) is 2. The number of rotatable bonds is 0. The Kier molecular flexibility index (Phi) is 17.2. The topological polar surface area (TPSA) is 121 Å². The molecule has 0 rings (SSSR count). The first-order valence-corrected chi connectivity index (χ1v) is 2.74. The summed E-state index contributed by atoms with van der Waals surface area (Å²) in [6, 6.07) is 0. The fourth-order valence-corrected chi connectivity index (χ4v) is 0. The van der Waals surface area contributed by atoms with Gasteiger partial charge in [-0.2, -0.15) is 0 Å². The average molecular weight is 227 g/mol. The Morgan fingerprint density at radius 3 is 1.44 bits per heavy atom. The van der Waals surface area contributed by atoms with E-state index in [4.69, 9.17) is 29.0 Å². The molecule has 0 aliphatic carbocycles. The summed E-state index contributed by atoms with van der Waals surface area (Å²) in [5, 5.41) is 6.89. The third kappa shape index (κ3) is 309. The van der Waals surface area contributed by atoms with Crippen LogP contribution in [0.25, 0.3) is 0 Å². The molecule has 9 heavy (non-hydrogen) atoms. The van der Waals surface area contributed by atoms with Crippen molar-refractivity contribution in [2.75, 3.05) is 0 Å². The van der Waals surface area contributed by atoms with E-state index in [1.54, 1.807) is 0 Å². The molecule has 0 aromatic carbocycles.